The summed E-state index contributed by atoms with van der Waals surface area (Å²) < 4.78 is 17.1. The Balaban J connectivity index is 1.49. The summed E-state index contributed by atoms with van der Waals surface area (Å²) >= 11 is 3.20. The molecule has 35 heavy (non-hydrogen) atoms. The lowest BCUT2D eigenvalue weighted by atomic mass is 10.2. The monoisotopic (exact) mass is 516 g/mol. The fraction of sp³-hybridized carbons (Fsp3) is 0.458. The lowest BCUT2D eigenvalue weighted by Gasteiger charge is -2.26. The molecule has 0 unspecified atom stereocenters. The van der Waals surface area contributed by atoms with Crippen LogP contribution in [-0.2, 0) is 16.9 Å². The van der Waals surface area contributed by atoms with Gasteiger partial charge >= 0.3 is 0 Å². The van der Waals surface area contributed by atoms with Crippen molar-refractivity contribution in [3.8, 4) is 22.1 Å². The molecule has 2 aromatic heterocycles. The second-order valence-corrected chi connectivity index (χ2v) is 10.1. The topological polar surface area (TPSA) is 122 Å². The molecular weight excluding hydrogens is 484 g/mol. The van der Waals surface area contributed by atoms with Crippen LogP contribution < -0.4 is 20.9 Å². The first-order valence-corrected chi connectivity index (χ1v) is 13.5. The molecule has 0 amide bonds. The van der Waals surface area contributed by atoms with Crippen molar-refractivity contribution in [3.63, 3.8) is 0 Å². The Bertz CT molecular complexity index is 1100. The highest BCUT2D eigenvalue weighted by molar-refractivity contribution is 7.98. The molecule has 0 saturated carbocycles. The van der Waals surface area contributed by atoms with Crippen LogP contribution in [0.4, 0.5) is 11.6 Å². The summed E-state index contributed by atoms with van der Waals surface area (Å²) in [5.41, 5.74) is 13.7. The number of benzene rings is 1. The highest BCUT2D eigenvalue weighted by atomic mass is 32.2. The van der Waals surface area contributed by atoms with E-state index in [1.807, 2.05) is 18.2 Å². The molecule has 3 heterocycles. The van der Waals surface area contributed by atoms with E-state index in [1.165, 1.54) is 16.6 Å². The first-order chi connectivity index (χ1) is 17.1. The summed E-state index contributed by atoms with van der Waals surface area (Å²) in [6.07, 6.45) is 2.01. The van der Waals surface area contributed by atoms with Gasteiger partial charge in [-0.1, -0.05) is 25.1 Å². The standard InChI is InChI=1S/C24H32N6O3S2/c1-3-4-20-17(15-34-24-28-21(25)14-22(26)29-24)27-23(35-20)16-5-6-18(31-2)19(13-16)33-12-9-30-7-10-32-11-8-30/h5-6,13-14H,3-4,7-12,15H2,1-2H3,(H4,25,26,28,29). The van der Waals surface area contributed by atoms with Crippen molar-refractivity contribution in [1.82, 2.24) is 19.9 Å². The van der Waals surface area contributed by atoms with E-state index in [2.05, 4.69) is 21.8 Å². The molecule has 188 valence electrons. The molecule has 0 atom stereocenters. The maximum atomic E-state index is 6.13. The van der Waals surface area contributed by atoms with Gasteiger partial charge in [-0.2, -0.15) is 0 Å². The quantitative estimate of drug-likeness (QED) is 0.288. The van der Waals surface area contributed by atoms with Gasteiger partial charge in [-0.3, -0.25) is 4.90 Å². The van der Waals surface area contributed by atoms with Crippen LogP contribution in [0.15, 0.2) is 29.4 Å². The lowest BCUT2D eigenvalue weighted by Crippen LogP contribution is -2.38. The van der Waals surface area contributed by atoms with Crippen LogP contribution in [0, 0.1) is 0 Å². The van der Waals surface area contributed by atoms with E-state index in [4.69, 9.17) is 30.7 Å². The minimum Gasteiger partial charge on any atom is -0.493 e. The number of hydrogen-bond donors (Lipinski definition) is 2. The highest BCUT2D eigenvalue weighted by Crippen LogP contribution is 2.37. The number of hydrogen-bond acceptors (Lipinski definition) is 11. The van der Waals surface area contributed by atoms with E-state index in [1.54, 1.807) is 24.5 Å². The van der Waals surface area contributed by atoms with Crippen LogP contribution in [0.3, 0.4) is 0 Å². The van der Waals surface area contributed by atoms with Crippen LogP contribution in [0.5, 0.6) is 11.5 Å². The van der Waals surface area contributed by atoms with Crippen molar-refractivity contribution in [2.24, 2.45) is 0 Å². The summed E-state index contributed by atoms with van der Waals surface area (Å²) in [5.74, 6) is 2.82. The molecule has 4 N–H and O–H groups in total. The molecule has 4 rings (SSSR count). The zero-order chi connectivity index (χ0) is 24.6. The zero-order valence-electron chi connectivity index (χ0n) is 20.2. The van der Waals surface area contributed by atoms with Crippen molar-refractivity contribution in [3.05, 3.63) is 34.8 Å². The third-order valence-electron chi connectivity index (χ3n) is 5.52. The molecule has 3 aromatic rings. The van der Waals surface area contributed by atoms with E-state index < -0.39 is 0 Å². The molecule has 1 aliphatic rings. The number of thioether (sulfide) groups is 1. The average molecular weight is 517 g/mol. The van der Waals surface area contributed by atoms with Crippen LogP contribution in [0.25, 0.3) is 10.6 Å². The van der Waals surface area contributed by atoms with Gasteiger partial charge < -0.3 is 25.7 Å². The summed E-state index contributed by atoms with van der Waals surface area (Å²) in [5, 5.41) is 1.51. The van der Waals surface area contributed by atoms with Gasteiger partial charge in [-0.25, -0.2) is 15.0 Å². The van der Waals surface area contributed by atoms with Gasteiger partial charge in [-0.05, 0) is 24.6 Å². The Morgan fingerprint density at radius 2 is 1.86 bits per heavy atom. The smallest absolute Gasteiger partial charge is 0.191 e. The molecule has 0 radical (unpaired) electrons. The number of rotatable bonds is 11. The lowest BCUT2D eigenvalue weighted by molar-refractivity contribution is 0.0321. The predicted octanol–water partition coefficient (Wildman–Crippen LogP) is 3.73. The van der Waals surface area contributed by atoms with Gasteiger partial charge in [0.05, 0.1) is 26.0 Å². The Morgan fingerprint density at radius 3 is 2.57 bits per heavy atom. The van der Waals surface area contributed by atoms with Crippen LogP contribution in [0.2, 0.25) is 0 Å². The number of thiazole rings is 1. The van der Waals surface area contributed by atoms with Crippen molar-refractivity contribution in [1.29, 1.82) is 0 Å². The maximum absolute atomic E-state index is 6.13. The van der Waals surface area contributed by atoms with Gasteiger partial charge in [0.2, 0.25) is 0 Å². The van der Waals surface area contributed by atoms with Gasteiger partial charge in [0.25, 0.3) is 0 Å². The fourth-order valence-electron chi connectivity index (χ4n) is 3.73. The number of aryl methyl sites for hydroxylation is 1. The minimum absolute atomic E-state index is 0.368. The number of anilines is 2. The van der Waals surface area contributed by atoms with Crippen molar-refractivity contribution in [2.75, 3.05) is 58.0 Å². The first kappa shape index (κ1) is 25.5. The van der Waals surface area contributed by atoms with Gasteiger partial charge in [0, 0.05) is 41.9 Å². The van der Waals surface area contributed by atoms with Gasteiger partial charge in [0.1, 0.15) is 23.3 Å². The summed E-state index contributed by atoms with van der Waals surface area (Å²) in [4.78, 5) is 17.1. The van der Waals surface area contributed by atoms with E-state index in [-0.39, 0.29) is 0 Å². The first-order valence-electron chi connectivity index (χ1n) is 11.7. The van der Waals surface area contributed by atoms with Crippen LogP contribution >= 0.6 is 23.1 Å². The van der Waals surface area contributed by atoms with E-state index in [9.17, 15) is 0 Å². The van der Waals surface area contributed by atoms with Gasteiger partial charge in [-0.15, -0.1) is 11.3 Å². The Kier molecular flexibility index (Phi) is 9.02. The molecule has 0 bridgehead atoms. The normalized spacial score (nSPS) is 14.2. The second kappa shape index (κ2) is 12.4. The maximum Gasteiger partial charge on any atom is 0.191 e. The highest BCUT2D eigenvalue weighted by Gasteiger charge is 2.16. The SMILES string of the molecule is CCCc1sc(-c2ccc(OC)c(OCCN3CCOCC3)c2)nc1CSc1nc(N)cc(N)n1. The third-order valence-corrected chi connectivity index (χ3v) is 7.58. The Morgan fingerprint density at radius 1 is 1.09 bits per heavy atom. The summed E-state index contributed by atoms with van der Waals surface area (Å²) in [7, 11) is 1.66. The third kappa shape index (κ3) is 6.97. The minimum atomic E-state index is 0.368. The number of nitrogen functional groups attached to an aromatic ring is 2. The Labute approximate surface area is 214 Å². The van der Waals surface area contributed by atoms with E-state index >= 15 is 0 Å². The van der Waals surface area contributed by atoms with Crippen LogP contribution in [-0.4, -0.2) is 66.4 Å². The molecule has 0 aliphatic carbocycles. The molecule has 1 fully saturated rings. The predicted molar refractivity (Wildman–Crippen MR) is 141 cm³/mol. The van der Waals surface area contributed by atoms with Crippen molar-refractivity contribution in [2.45, 2.75) is 30.7 Å². The summed E-state index contributed by atoms with van der Waals surface area (Å²) in [6.45, 7) is 7.05. The molecule has 1 aromatic carbocycles. The zero-order valence-corrected chi connectivity index (χ0v) is 21.8. The number of nitrogens with two attached hydrogens (primary N) is 2. The van der Waals surface area contributed by atoms with E-state index in [0.29, 0.717) is 34.9 Å². The molecule has 1 saturated heterocycles. The molecule has 1 aliphatic heterocycles. The molecular formula is C24H32N6O3S2. The average Bonchev–Trinajstić information content (AvgIpc) is 3.26. The fourth-order valence-corrected chi connectivity index (χ4v) is 5.85. The summed E-state index contributed by atoms with van der Waals surface area (Å²) in [6, 6.07) is 7.54. The van der Waals surface area contributed by atoms with Crippen molar-refractivity contribution >= 4 is 34.7 Å². The van der Waals surface area contributed by atoms with Gasteiger partial charge in [0.15, 0.2) is 16.7 Å². The number of morpholine rings is 1. The number of ether oxygens (including phenoxy) is 3. The largest absolute Gasteiger partial charge is 0.493 e. The number of methoxy groups -OCH3 is 1. The molecule has 9 nitrogen and oxygen atoms in total. The number of nitrogens with zero attached hydrogens (tertiary/aromatic N) is 4. The molecule has 11 heteroatoms. The van der Waals surface area contributed by atoms with Crippen molar-refractivity contribution < 1.29 is 14.2 Å². The van der Waals surface area contributed by atoms with Crippen LogP contribution in [0.1, 0.15) is 23.9 Å². The molecule has 0 spiro atoms. The van der Waals surface area contributed by atoms with E-state index in [0.717, 1.165) is 67.7 Å². The second-order valence-electron chi connectivity index (χ2n) is 8.10. The number of aromatic nitrogens is 3. The Hall–Kier alpha value is -2.60.